The zero-order valence-corrected chi connectivity index (χ0v) is 11.3. The summed E-state index contributed by atoms with van der Waals surface area (Å²) >= 11 is 6.32. The van der Waals surface area contributed by atoms with Gasteiger partial charge in [0.15, 0.2) is 0 Å². The van der Waals surface area contributed by atoms with Crippen molar-refractivity contribution in [3.8, 4) is 0 Å². The third-order valence-electron chi connectivity index (χ3n) is 3.14. The molecule has 0 saturated carbocycles. The van der Waals surface area contributed by atoms with Crippen LogP contribution in [0.15, 0.2) is 24.3 Å². The summed E-state index contributed by atoms with van der Waals surface area (Å²) < 4.78 is 12.7. The van der Waals surface area contributed by atoms with Crippen LogP contribution in [0.3, 0.4) is 0 Å². The van der Waals surface area contributed by atoms with E-state index in [1.807, 2.05) is 0 Å². The number of halogens is 2. The van der Waals surface area contributed by atoms with E-state index < -0.39 is 0 Å². The number of hydrogen-bond acceptors (Lipinski definition) is 1. The van der Waals surface area contributed by atoms with Gasteiger partial charge in [-0.05, 0) is 23.6 Å². The molecule has 1 N–H and O–H groups in total. The topological polar surface area (TPSA) is 12.0 Å². The Labute approximate surface area is 108 Å². The summed E-state index contributed by atoms with van der Waals surface area (Å²) in [7, 11) is 0. The van der Waals surface area contributed by atoms with Crippen LogP contribution in [0.5, 0.6) is 0 Å². The molecular formula is C14H21ClFN. The molecule has 1 rings (SSSR count). The second kappa shape index (κ2) is 7.67. The maximum absolute atomic E-state index is 12.7. The Morgan fingerprint density at radius 1 is 1.18 bits per heavy atom. The van der Waals surface area contributed by atoms with Gasteiger partial charge in [0.2, 0.25) is 0 Å². The maximum atomic E-state index is 12.7. The summed E-state index contributed by atoms with van der Waals surface area (Å²) in [6, 6.07) is 6.55. The first-order valence-electron chi connectivity index (χ1n) is 6.26. The molecule has 17 heavy (non-hydrogen) atoms. The second-order valence-corrected chi connectivity index (χ2v) is 4.91. The van der Waals surface area contributed by atoms with Gasteiger partial charge >= 0.3 is 0 Å². The molecule has 1 nitrogen and oxygen atoms in total. The smallest absolute Gasteiger partial charge is 0.123 e. The third-order valence-corrected chi connectivity index (χ3v) is 3.65. The molecule has 3 heteroatoms. The van der Waals surface area contributed by atoms with Crippen molar-refractivity contribution in [2.75, 3.05) is 6.54 Å². The number of hydrogen-bond donors (Lipinski definition) is 1. The Kier molecular flexibility index (Phi) is 6.53. The van der Waals surface area contributed by atoms with Crippen molar-refractivity contribution in [1.82, 2.24) is 5.32 Å². The lowest BCUT2D eigenvalue weighted by atomic mass is 9.99. The molecule has 0 amide bonds. The SMILES string of the molecule is CCC(CC)C(Cl)CNCc1ccc(F)cc1. The Balaban J connectivity index is 2.30. The summed E-state index contributed by atoms with van der Waals surface area (Å²) in [5, 5.41) is 3.49. The van der Waals surface area contributed by atoms with Crippen molar-refractivity contribution >= 4 is 11.6 Å². The van der Waals surface area contributed by atoms with Gasteiger partial charge in [-0.15, -0.1) is 11.6 Å². The number of alkyl halides is 1. The highest BCUT2D eigenvalue weighted by Crippen LogP contribution is 2.17. The van der Waals surface area contributed by atoms with Crippen molar-refractivity contribution in [1.29, 1.82) is 0 Å². The molecule has 1 aromatic carbocycles. The molecular weight excluding hydrogens is 237 g/mol. The lowest BCUT2D eigenvalue weighted by Gasteiger charge is -2.19. The molecule has 96 valence electrons. The average Bonchev–Trinajstić information content (AvgIpc) is 2.33. The minimum atomic E-state index is -0.194. The van der Waals surface area contributed by atoms with E-state index in [1.54, 1.807) is 12.1 Å². The van der Waals surface area contributed by atoms with Crippen molar-refractivity contribution in [3.05, 3.63) is 35.6 Å². The van der Waals surface area contributed by atoms with E-state index in [-0.39, 0.29) is 11.2 Å². The van der Waals surface area contributed by atoms with Crippen molar-refractivity contribution in [2.45, 2.75) is 38.6 Å². The predicted molar refractivity (Wildman–Crippen MR) is 71.8 cm³/mol. The monoisotopic (exact) mass is 257 g/mol. The van der Waals surface area contributed by atoms with Crippen LogP contribution < -0.4 is 5.32 Å². The molecule has 0 aliphatic carbocycles. The second-order valence-electron chi connectivity index (χ2n) is 4.35. The molecule has 0 fully saturated rings. The van der Waals surface area contributed by atoms with Gasteiger partial charge < -0.3 is 5.32 Å². The predicted octanol–water partition coefficient (Wildman–Crippen LogP) is 3.96. The minimum Gasteiger partial charge on any atom is -0.311 e. The van der Waals surface area contributed by atoms with Gasteiger partial charge in [0.25, 0.3) is 0 Å². The quantitative estimate of drug-likeness (QED) is 0.729. The highest BCUT2D eigenvalue weighted by Gasteiger charge is 2.14. The molecule has 1 aromatic rings. The van der Waals surface area contributed by atoms with E-state index >= 15 is 0 Å². The standard InChI is InChI=1S/C14H21ClFN/c1-3-12(4-2)14(15)10-17-9-11-5-7-13(16)8-6-11/h5-8,12,14,17H,3-4,9-10H2,1-2H3. The summed E-state index contributed by atoms with van der Waals surface area (Å²) in [4.78, 5) is 0. The first-order valence-corrected chi connectivity index (χ1v) is 6.70. The highest BCUT2D eigenvalue weighted by atomic mass is 35.5. The fourth-order valence-corrected chi connectivity index (χ4v) is 2.39. The van der Waals surface area contributed by atoms with Gasteiger partial charge in [0, 0.05) is 18.5 Å². The molecule has 0 radical (unpaired) electrons. The van der Waals surface area contributed by atoms with Crippen LogP contribution in [0.4, 0.5) is 4.39 Å². The summed E-state index contributed by atoms with van der Waals surface area (Å²) in [6.45, 7) is 5.88. The van der Waals surface area contributed by atoms with Crippen LogP contribution >= 0.6 is 11.6 Å². The minimum absolute atomic E-state index is 0.172. The van der Waals surface area contributed by atoms with Gasteiger partial charge in [-0.1, -0.05) is 38.8 Å². The van der Waals surface area contributed by atoms with Gasteiger partial charge in [-0.25, -0.2) is 4.39 Å². The summed E-state index contributed by atoms with van der Waals surface area (Å²) in [5.41, 5.74) is 1.08. The maximum Gasteiger partial charge on any atom is 0.123 e. The van der Waals surface area contributed by atoms with Crippen molar-refractivity contribution in [3.63, 3.8) is 0 Å². The molecule has 0 spiro atoms. The number of benzene rings is 1. The third kappa shape index (κ3) is 5.05. The van der Waals surface area contributed by atoms with E-state index in [1.165, 1.54) is 12.1 Å². The van der Waals surface area contributed by atoms with E-state index in [2.05, 4.69) is 19.2 Å². The Morgan fingerprint density at radius 3 is 2.29 bits per heavy atom. The average molecular weight is 258 g/mol. The molecule has 0 aliphatic heterocycles. The number of nitrogens with one attached hydrogen (secondary N) is 1. The first kappa shape index (κ1) is 14.5. The largest absolute Gasteiger partial charge is 0.311 e. The molecule has 0 aromatic heterocycles. The summed E-state index contributed by atoms with van der Waals surface area (Å²) in [5.74, 6) is 0.374. The molecule has 0 saturated heterocycles. The van der Waals surface area contributed by atoms with Crippen LogP contribution in [-0.4, -0.2) is 11.9 Å². The van der Waals surface area contributed by atoms with Gasteiger partial charge in [0.05, 0.1) is 0 Å². The van der Waals surface area contributed by atoms with Crippen LogP contribution in [0.1, 0.15) is 32.3 Å². The Hall–Kier alpha value is -0.600. The van der Waals surface area contributed by atoms with Gasteiger partial charge in [-0.2, -0.15) is 0 Å². The van der Waals surface area contributed by atoms with Gasteiger partial charge in [-0.3, -0.25) is 0 Å². The highest BCUT2D eigenvalue weighted by molar-refractivity contribution is 6.21. The van der Waals surface area contributed by atoms with Crippen molar-refractivity contribution in [2.24, 2.45) is 5.92 Å². The Morgan fingerprint density at radius 2 is 1.76 bits per heavy atom. The molecule has 0 heterocycles. The normalized spacial score (nSPS) is 13.0. The number of rotatable bonds is 7. The fourth-order valence-electron chi connectivity index (χ4n) is 1.92. The van der Waals surface area contributed by atoms with E-state index in [0.29, 0.717) is 5.92 Å². The van der Waals surface area contributed by atoms with Crippen LogP contribution in [0.25, 0.3) is 0 Å². The Bertz CT molecular complexity index is 309. The van der Waals surface area contributed by atoms with E-state index in [0.717, 1.165) is 31.5 Å². The molecule has 0 bridgehead atoms. The van der Waals surface area contributed by atoms with Crippen molar-refractivity contribution < 1.29 is 4.39 Å². The first-order chi connectivity index (χ1) is 8.17. The van der Waals surface area contributed by atoms with E-state index in [9.17, 15) is 4.39 Å². The lowest BCUT2D eigenvalue weighted by molar-refractivity contribution is 0.446. The fraction of sp³-hybridized carbons (Fsp3) is 0.571. The van der Waals surface area contributed by atoms with Gasteiger partial charge in [0.1, 0.15) is 5.82 Å². The summed E-state index contributed by atoms with van der Waals surface area (Å²) in [6.07, 6.45) is 2.23. The molecule has 1 unspecified atom stereocenters. The van der Waals surface area contributed by atoms with E-state index in [4.69, 9.17) is 11.6 Å². The molecule has 0 aliphatic rings. The van der Waals surface area contributed by atoms with Crippen LogP contribution in [0, 0.1) is 11.7 Å². The molecule has 1 atom stereocenters. The zero-order valence-electron chi connectivity index (χ0n) is 10.5. The lowest BCUT2D eigenvalue weighted by Crippen LogP contribution is -2.28. The van der Waals surface area contributed by atoms with Crippen LogP contribution in [0.2, 0.25) is 0 Å². The zero-order chi connectivity index (χ0) is 12.7. The van der Waals surface area contributed by atoms with Crippen LogP contribution in [-0.2, 0) is 6.54 Å².